The summed E-state index contributed by atoms with van der Waals surface area (Å²) in [6.45, 7) is -0.696. The van der Waals surface area contributed by atoms with Crippen LogP contribution >= 0.6 is 34.8 Å². The lowest BCUT2D eigenvalue weighted by molar-refractivity contribution is -0.355. The van der Waals surface area contributed by atoms with Gasteiger partial charge in [-0.25, -0.2) is 8.37 Å². The molecule has 0 spiro atoms. The zero-order chi connectivity index (χ0) is 21.2. The minimum atomic E-state index is -4.65. The van der Waals surface area contributed by atoms with Gasteiger partial charge in [0.15, 0.2) is 18.7 Å². The molecule has 2 heterocycles. The molecule has 13 heteroatoms. The molecule has 0 aliphatic carbocycles. The van der Waals surface area contributed by atoms with Gasteiger partial charge in [0.25, 0.3) is 0 Å². The van der Waals surface area contributed by atoms with Crippen molar-refractivity contribution in [1.82, 2.24) is 0 Å². The molecule has 1 N–H and O–H groups in total. The van der Waals surface area contributed by atoms with Gasteiger partial charge in [-0.15, -0.1) is 0 Å². The van der Waals surface area contributed by atoms with Gasteiger partial charge in [-0.1, -0.05) is 65.1 Å². The van der Waals surface area contributed by atoms with Crippen molar-refractivity contribution < 1.29 is 40.8 Å². The predicted molar refractivity (Wildman–Crippen MR) is 102 cm³/mol. The van der Waals surface area contributed by atoms with Gasteiger partial charge < -0.3 is 24.1 Å². The van der Waals surface area contributed by atoms with Gasteiger partial charge in [-0.3, -0.25) is 0 Å². The van der Waals surface area contributed by atoms with Crippen LogP contribution in [0.5, 0.6) is 0 Å². The molecule has 29 heavy (non-hydrogen) atoms. The molecule has 1 aromatic carbocycles. The third kappa shape index (κ3) is 6.14. The lowest BCUT2D eigenvalue weighted by atomic mass is 9.98. The number of alkyl halides is 3. The minimum Gasteiger partial charge on any atom is -0.387 e. The van der Waals surface area contributed by atoms with E-state index in [1.807, 2.05) is 18.2 Å². The average molecular weight is 494 g/mol. The first-order chi connectivity index (χ1) is 13.6. The van der Waals surface area contributed by atoms with Crippen LogP contribution in [0, 0.1) is 0 Å². The van der Waals surface area contributed by atoms with Gasteiger partial charge in [0.1, 0.15) is 24.9 Å². The summed E-state index contributed by atoms with van der Waals surface area (Å²) in [6, 6.07) is 9.04. The van der Waals surface area contributed by atoms with Gasteiger partial charge in [0.2, 0.25) is 3.79 Å². The molecule has 6 atom stereocenters. The van der Waals surface area contributed by atoms with Crippen LogP contribution in [0.4, 0.5) is 0 Å². The molecular formula is C16H19Cl3O9S. The molecule has 0 radical (unpaired) electrons. The van der Waals surface area contributed by atoms with Gasteiger partial charge in [-0.05, 0) is 0 Å². The second-order valence-corrected chi connectivity index (χ2v) is 10.1. The zero-order valence-electron chi connectivity index (χ0n) is 15.0. The quantitative estimate of drug-likeness (QED) is 0.594. The highest BCUT2D eigenvalue weighted by molar-refractivity contribution is 7.81. The Morgan fingerprint density at radius 2 is 1.90 bits per heavy atom. The van der Waals surface area contributed by atoms with Crippen molar-refractivity contribution in [3.05, 3.63) is 35.9 Å². The van der Waals surface area contributed by atoms with Crippen LogP contribution in [0.1, 0.15) is 11.9 Å². The monoisotopic (exact) mass is 492 g/mol. The minimum absolute atomic E-state index is 0.0877. The molecule has 1 aromatic rings. The maximum absolute atomic E-state index is 12.1. The Hall–Kier alpha value is -0.240. The number of ether oxygens (including phenoxy) is 4. The fourth-order valence-corrected chi connectivity index (χ4v) is 4.15. The number of halogens is 3. The smallest absolute Gasteiger partial charge is 0.387 e. The van der Waals surface area contributed by atoms with E-state index in [9.17, 15) is 13.5 Å². The van der Waals surface area contributed by atoms with Gasteiger partial charge in [0, 0.05) is 12.7 Å². The van der Waals surface area contributed by atoms with E-state index >= 15 is 0 Å². The van der Waals surface area contributed by atoms with Crippen molar-refractivity contribution >= 4 is 45.2 Å². The van der Waals surface area contributed by atoms with Crippen molar-refractivity contribution in [2.45, 2.75) is 40.8 Å². The second-order valence-electron chi connectivity index (χ2n) is 6.29. The normalized spacial score (nSPS) is 33.3. The van der Waals surface area contributed by atoms with E-state index in [1.54, 1.807) is 12.1 Å². The van der Waals surface area contributed by atoms with Crippen LogP contribution in [0.2, 0.25) is 0 Å². The average Bonchev–Trinajstić information content (AvgIpc) is 2.68. The van der Waals surface area contributed by atoms with E-state index in [0.717, 1.165) is 5.56 Å². The molecule has 2 aliphatic rings. The summed E-state index contributed by atoms with van der Waals surface area (Å²) in [5.74, 6) is 0. The number of fused-ring (bicyclic) bond motifs is 1. The molecule has 1 unspecified atom stereocenters. The number of aliphatic hydroxyl groups is 1. The van der Waals surface area contributed by atoms with Crippen molar-refractivity contribution in [3.63, 3.8) is 0 Å². The number of methoxy groups -OCH3 is 1. The molecule has 2 aliphatic heterocycles. The maximum Gasteiger partial charge on any atom is 0.400 e. The lowest BCUT2D eigenvalue weighted by Gasteiger charge is -2.46. The van der Waals surface area contributed by atoms with Crippen molar-refractivity contribution in [2.75, 3.05) is 20.3 Å². The molecule has 2 fully saturated rings. The molecular weight excluding hydrogens is 475 g/mol. The first kappa shape index (κ1) is 23.4. The van der Waals surface area contributed by atoms with Crippen LogP contribution in [-0.2, 0) is 37.7 Å². The Balaban J connectivity index is 1.73. The number of rotatable bonds is 6. The van der Waals surface area contributed by atoms with Crippen LogP contribution in [-0.4, -0.2) is 68.3 Å². The summed E-state index contributed by atoms with van der Waals surface area (Å²) < 4.78 is 53.9. The molecule has 2 saturated heterocycles. The summed E-state index contributed by atoms with van der Waals surface area (Å²) in [5, 5.41) is 10.8. The zero-order valence-corrected chi connectivity index (χ0v) is 18.1. The summed E-state index contributed by atoms with van der Waals surface area (Å²) in [7, 11) is -3.39. The van der Waals surface area contributed by atoms with E-state index < -0.39 is 57.8 Å². The summed E-state index contributed by atoms with van der Waals surface area (Å²) in [5.41, 5.74) is 0.725. The van der Waals surface area contributed by atoms with E-state index in [0.29, 0.717) is 0 Å². The third-order valence-corrected chi connectivity index (χ3v) is 5.40. The predicted octanol–water partition coefficient (Wildman–Crippen LogP) is 1.85. The summed E-state index contributed by atoms with van der Waals surface area (Å²) >= 11 is 16.5. The Kier molecular flexibility index (Phi) is 7.67. The Morgan fingerprint density at radius 1 is 1.21 bits per heavy atom. The largest absolute Gasteiger partial charge is 0.400 e. The van der Waals surface area contributed by atoms with E-state index in [1.165, 1.54) is 7.11 Å². The van der Waals surface area contributed by atoms with E-state index in [2.05, 4.69) is 4.18 Å². The van der Waals surface area contributed by atoms with Crippen LogP contribution in [0.25, 0.3) is 0 Å². The van der Waals surface area contributed by atoms with Gasteiger partial charge >= 0.3 is 10.4 Å². The lowest BCUT2D eigenvalue weighted by Crippen LogP contribution is -2.63. The second kappa shape index (κ2) is 9.49. The van der Waals surface area contributed by atoms with Crippen molar-refractivity contribution in [2.24, 2.45) is 0 Å². The number of hydrogen-bond acceptors (Lipinski definition) is 9. The Morgan fingerprint density at radius 3 is 2.52 bits per heavy atom. The first-order valence-corrected chi connectivity index (χ1v) is 10.9. The summed E-state index contributed by atoms with van der Waals surface area (Å²) in [4.78, 5) is 0. The van der Waals surface area contributed by atoms with Crippen molar-refractivity contribution in [3.8, 4) is 0 Å². The molecule has 0 aromatic heterocycles. The highest BCUT2D eigenvalue weighted by Crippen LogP contribution is 2.36. The molecule has 0 bridgehead atoms. The molecule has 3 rings (SSSR count). The molecule has 9 nitrogen and oxygen atoms in total. The SMILES string of the molecule is CO[C@H]1O[C@@H]2COC(c3ccccc3)O[C@H]2[C@H](O)[C@H]1OS(=O)(=O)OCC(Cl)(Cl)Cl. The number of benzene rings is 1. The summed E-state index contributed by atoms with van der Waals surface area (Å²) in [6.07, 6.45) is -6.60. The molecule has 0 saturated carbocycles. The standard InChI is InChI=1S/C16H19Cl3O9S/c1-23-15-13(28-29(21,22)25-8-16(17,18)19)11(20)12-10(26-15)7-24-14(27-12)9-5-3-2-4-6-9/h2-6,10-15,20H,7-8H2,1H3/t10-,11+,12-,13-,14?,15+/m1/s1. The molecule has 164 valence electrons. The Labute approximate surface area is 182 Å². The highest BCUT2D eigenvalue weighted by Gasteiger charge is 2.52. The number of hydrogen-bond donors (Lipinski definition) is 1. The fourth-order valence-electron chi connectivity index (χ4n) is 2.94. The fraction of sp³-hybridized carbons (Fsp3) is 0.625. The first-order valence-electron chi connectivity index (χ1n) is 8.42. The van der Waals surface area contributed by atoms with Crippen LogP contribution in [0.3, 0.4) is 0 Å². The molecule has 0 amide bonds. The van der Waals surface area contributed by atoms with Crippen LogP contribution in [0.15, 0.2) is 30.3 Å². The van der Waals surface area contributed by atoms with Gasteiger partial charge in [0.05, 0.1) is 6.61 Å². The Bertz CT molecular complexity index is 774. The number of aliphatic hydroxyl groups excluding tert-OH is 1. The highest BCUT2D eigenvalue weighted by atomic mass is 35.6. The van der Waals surface area contributed by atoms with Crippen LogP contribution < -0.4 is 0 Å². The van der Waals surface area contributed by atoms with Crippen molar-refractivity contribution in [1.29, 1.82) is 0 Å². The van der Waals surface area contributed by atoms with E-state index in [4.69, 9.17) is 57.9 Å². The van der Waals surface area contributed by atoms with Gasteiger partial charge in [-0.2, -0.15) is 8.42 Å². The topological polar surface area (TPSA) is 110 Å². The van der Waals surface area contributed by atoms with E-state index in [-0.39, 0.29) is 6.61 Å². The maximum atomic E-state index is 12.1. The third-order valence-electron chi connectivity index (χ3n) is 4.21.